The molecule has 3 N–H and O–H groups in total. The Bertz CT molecular complexity index is 1430. The van der Waals surface area contributed by atoms with E-state index < -0.39 is 16.1 Å². The standard InChI is InChI=1S/C26H36ClN7O3S.ClH/c1-5-6-7-11-33(26(35)21-13-19(27)8-9-22(21)31-38(4,36)37)18(3)23-14-24-29-25(17(2)15-34(24)30-23)32-12-10-20(28)16-32;/h8-9,13-15,18,20,31H,5-7,10-12,16,28H2,1-4H3;1H/t18-,20-;/m0./s1. The zero-order chi connectivity index (χ0) is 27.6. The van der Waals surface area contributed by atoms with Gasteiger partial charge < -0.3 is 15.5 Å². The average Bonchev–Trinajstić information content (AvgIpc) is 3.46. The number of sulfonamides is 1. The predicted octanol–water partition coefficient (Wildman–Crippen LogP) is 4.42. The van der Waals surface area contributed by atoms with Crippen LogP contribution in [0.15, 0.2) is 30.5 Å². The Morgan fingerprint density at radius 2 is 2.05 bits per heavy atom. The van der Waals surface area contributed by atoms with Crippen LogP contribution in [0.2, 0.25) is 5.02 Å². The molecule has 39 heavy (non-hydrogen) atoms. The van der Waals surface area contributed by atoms with E-state index in [2.05, 4.69) is 16.5 Å². The predicted molar refractivity (Wildman–Crippen MR) is 159 cm³/mol. The number of halogens is 2. The lowest BCUT2D eigenvalue weighted by molar-refractivity contribution is 0.0684. The normalized spacial score (nSPS) is 16.3. The molecule has 4 rings (SSSR count). The Balaban J connectivity index is 0.00000420. The number of aromatic nitrogens is 3. The van der Waals surface area contributed by atoms with Gasteiger partial charge in [0.05, 0.1) is 29.2 Å². The molecule has 3 aromatic rings. The molecule has 1 amide bonds. The molecule has 0 radical (unpaired) electrons. The molecule has 214 valence electrons. The van der Waals surface area contributed by atoms with Crippen LogP contribution in [0.25, 0.3) is 5.65 Å². The number of unbranched alkanes of at least 4 members (excludes halogenated alkanes) is 2. The third-order valence-corrected chi connectivity index (χ3v) is 7.64. The number of rotatable bonds is 10. The number of nitrogens with zero attached hydrogens (tertiary/aromatic N) is 5. The van der Waals surface area contributed by atoms with E-state index >= 15 is 0 Å². The van der Waals surface area contributed by atoms with E-state index in [1.165, 1.54) is 12.1 Å². The van der Waals surface area contributed by atoms with E-state index in [-0.39, 0.29) is 35.6 Å². The Labute approximate surface area is 241 Å². The second-order valence-electron chi connectivity index (χ2n) is 10.1. The minimum absolute atomic E-state index is 0. The van der Waals surface area contributed by atoms with Gasteiger partial charge in [-0.1, -0.05) is 31.4 Å². The van der Waals surface area contributed by atoms with Crippen molar-refractivity contribution in [2.24, 2.45) is 5.73 Å². The summed E-state index contributed by atoms with van der Waals surface area (Å²) < 4.78 is 28.1. The van der Waals surface area contributed by atoms with Gasteiger partial charge in [0.1, 0.15) is 5.82 Å². The highest BCUT2D eigenvalue weighted by Crippen LogP contribution is 2.29. The van der Waals surface area contributed by atoms with Gasteiger partial charge in [0, 0.05) is 48.5 Å². The first-order valence-electron chi connectivity index (χ1n) is 12.9. The summed E-state index contributed by atoms with van der Waals surface area (Å²) in [5.41, 5.74) is 8.88. The number of anilines is 2. The Hall–Kier alpha value is -2.60. The summed E-state index contributed by atoms with van der Waals surface area (Å²) >= 11 is 6.22. The summed E-state index contributed by atoms with van der Waals surface area (Å²) in [4.78, 5) is 22.7. The number of hydrogen-bond donors (Lipinski definition) is 2. The smallest absolute Gasteiger partial charge is 0.256 e. The second kappa shape index (κ2) is 12.7. The molecule has 0 saturated carbocycles. The van der Waals surface area contributed by atoms with Crippen LogP contribution in [-0.2, 0) is 10.0 Å². The zero-order valence-electron chi connectivity index (χ0n) is 22.7. The summed E-state index contributed by atoms with van der Waals surface area (Å²) in [6, 6.07) is 6.21. The van der Waals surface area contributed by atoms with E-state index in [9.17, 15) is 13.2 Å². The third kappa shape index (κ3) is 7.33. The zero-order valence-corrected chi connectivity index (χ0v) is 25.1. The summed E-state index contributed by atoms with van der Waals surface area (Å²) in [6.07, 6.45) is 6.68. The summed E-state index contributed by atoms with van der Waals surface area (Å²) in [5, 5.41) is 5.10. The van der Waals surface area contributed by atoms with Gasteiger partial charge in [0.2, 0.25) is 10.0 Å². The van der Waals surface area contributed by atoms with Crippen LogP contribution in [0.3, 0.4) is 0 Å². The Morgan fingerprint density at radius 1 is 1.31 bits per heavy atom. The molecule has 1 saturated heterocycles. The van der Waals surface area contributed by atoms with Gasteiger partial charge in [-0.25, -0.2) is 17.9 Å². The molecular weight excluding hydrogens is 561 g/mol. The summed E-state index contributed by atoms with van der Waals surface area (Å²) in [5.74, 6) is 0.575. The van der Waals surface area contributed by atoms with Gasteiger partial charge in [-0.2, -0.15) is 5.10 Å². The van der Waals surface area contributed by atoms with Gasteiger partial charge in [-0.3, -0.25) is 9.52 Å². The molecule has 1 fully saturated rings. The van der Waals surface area contributed by atoms with Crippen molar-refractivity contribution in [3.05, 3.63) is 52.3 Å². The van der Waals surface area contributed by atoms with Crippen molar-refractivity contribution in [3.8, 4) is 0 Å². The Kier molecular flexibility index (Phi) is 10.1. The number of carbonyl (C=O) groups excluding carboxylic acids is 1. The van der Waals surface area contributed by atoms with Crippen molar-refractivity contribution in [2.45, 2.75) is 58.5 Å². The number of benzene rings is 1. The van der Waals surface area contributed by atoms with Gasteiger partial charge in [0.15, 0.2) is 5.65 Å². The maximum absolute atomic E-state index is 13.9. The molecule has 0 bridgehead atoms. The molecule has 2 atom stereocenters. The maximum Gasteiger partial charge on any atom is 0.256 e. The lowest BCUT2D eigenvalue weighted by Gasteiger charge is -2.29. The highest BCUT2D eigenvalue weighted by Gasteiger charge is 2.28. The fraction of sp³-hybridized carbons (Fsp3) is 0.500. The van der Waals surface area contributed by atoms with Crippen LogP contribution in [0, 0.1) is 6.92 Å². The number of aryl methyl sites for hydroxylation is 1. The lowest BCUT2D eigenvalue weighted by Crippen LogP contribution is -2.35. The third-order valence-electron chi connectivity index (χ3n) is 6.81. The second-order valence-corrected chi connectivity index (χ2v) is 12.2. The van der Waals surface area contributed by atoms with E-state index in [0.29, 0.717) is 22.9 Å². The molecule has 2 aromatic heterocycles. The first-order valence-corrected chi connectivity index (χ1v) is 15.2. The van der Waals surface area contributed by atoms with Crippen LogP contribution in [0.4, 0.5) is 11.5 Å². The van der Waals surface area contributed by atoms with Crippen molar-refractivity contribution in [2.75, 3.05) is 35.5 Å². The van der Waals surface area contributed by atoms with Gasteiger partial charge >= 0.3 is 0 Å². The van der Waals surface area contributed by atoms with Crippen molar-refractivity contribution < 1.29 is 13.2 Å². The number of hydrogen-bond acceptors (Lipinski definition) is 7. The molecule has 3 heterocycles. The van der Waals surface area contributed by atoms with Crippen LogP contribution in [0.5, 0.6) is 0 Å². The van der Waals surface area contributed by atoms with Crippen LogP contribution in [-0.4, -0.2) is 65.8 Å². The number of fused-ring (bicyclic) bond motifs is 1. The van der Waals surface area contributed by atoms with Crippen LogP contribution in [0.1, 0.15) is 67.2 Å². The molecule has 10 nitrogen and oxygen atoms in total. The number of carbonyl (C=O) groups is 1. The van der Waals surface area contributed by atoms with Crippen molar-refractivity contribution in [1.82, 2.24) is 19.5 Å². The fourth-order valence-electron chi connectivity index (χ4n) is 4.82. The molecule has 1 aliphatic heterocycles. The fourth-order valence-corrected chi connectivity index (χ4v) is 5.57. The molecule has 0 spiro atoms. The number of nitrogens with two attached hydrogens (primary N) is 1. The van der Waals surface area contributed by atoms with E-state index in [1.54, 1.807) is 15.5 Å². The van der Waals surface area contributed by atoms with Gasteiger partial charge in [-0.15, -0.1) is 12.4 Å². The van der Waals surface area contributed by atoms with Gasteiger partial charge in [-0.05, 0) is 44.9 Å². The first kappa shape index (κ1) is 30.9. The Morgan fingerprint density at radius 3 is 2.69 bits per heavy atom. The van der Waals surface area contributed by atoms with Crippen molar-refractivity contribution in [3.63, 3.8) is 0 Å². The summed E-state index contributed by atoms with van der Waals surface area (Å²) in [7, 11) is -3.60. The number of nitrogens with one attached hydrogen (secondary N) is 1. The average molecular weight is 599 g/mol. The van der Waals surface area contributed by atoms with E-state index in [4.69, 9.17) is 27.4 Å². The quantitative estimate of drug-likeness (QED) is 0.331. The minimum Gasteiger partial charge on any atom is -0.355 e. The molecule has 1 aliphatic rings. The van der Waals surface area contributed by atoms with Crippen LogP contribution >= 0.6 is 24.0 Å². The highest BCUT2D eigenvalue weighted by atomic mass is 35.5. The lowest BCUT2D eigenvalue weighted by atomic mass is 10.1. The first-order chi connectivity index (χ1) is 18.0. The number of amides is 1. The molecule has 0 unspecified atom stereocenters. The highest BCUT2D eigenvalue weighted by molar-refractivity contribution is 7.92. The minimum atomic E-state index is -3.60. The van der Waals surface area contributed by atoms with Crippen molar-refractivity contribution >= 4 is 57.1 Å². The van der Waals surface area contributed by atoms with Crippen molar-refractivity contribution in [1.29, 1.82) is 0 Å². The topological polar surface area (TPSA) is 126 Å². The molecular formula is C26H37Cl2N7O3S. The SMILES string of the molecule is CCCCCN(C(=O)c1cc(Cl)ccc1NS(C)(=O)=O)[C@@H](C)c1cc2nc(N3CC[C@H](N)C3)c(C)cn2n1.Cl. The van der Waals surface area contributed by atoms with Crippen LogP contribution < -0.4 is 15.4 Å². The van der Waals surface area contributed by atoms with E-state index in [1.807, 2.05) is 26.1 Å². The molecule has 0 aliphatic carbocycles. The van der Waals surface area contributed by atoms with E-state index in [0.717, 1.165) is 56.4 Å². The molecule has 1 aromatic carbocycles. The van der Waals surface area contributed by atoms with Gasteiger partial charge in [0.25, 0.3) is 5.91 Å². The maximum atomic E-state index is 13.9. The largest absolute Gasteiger partial charge is 0.355 e. The molecule has 13 heteroatoms. The summed E-state index contributed by atoms with van der Waals surface area (Å²) in [6.45, 7) is 8.15. The monoisotopic (exact) mass is 597 g/mol.